The Morgan fingerprint density at radius 1 is 1.30 bits per heavy atom. The number of hydrogen-bond donors (Lipinski definition) is 2. The van der Waals surface area contributed by atoms with Crippen molar-refractivity contribution in [2.75, 3.05) is 6.61 Å². The maximum Gasteiger partial charge on any atom is 0.330 e. The molecule has 4 atom stereocenters. The molecule has 132 valence electrons. The maximum absolute atomic E-state index is 12.5. The van der Waals surface area contributed by atoms with Gasteiger partial charge in [-0.05, 0) is 31.6 Å². The van der Waals surface area contributed by atoms with Crippen LogP contribution in [-0.2, 0) is 14.3 Å². The number of carbonyl (C=O) groups is 2. The monoisotopic (exact) mass is 325 g/mol. The summed E-state index contributed by atoms with van der Waals surface area (Å²) in [5, 5.41) is 12.6. The zero-order valence-corrected chi connectivity index (χ0v) is 14.9. The van der Waals surface area contributed by atoms with Gasteiger partial charge in [0.15, 0.2) is 0 Å². The van der Waals surface area contributed by atoms with Crippen molar-refractivity contribution < 1.29 is 19.4 Å². The second-order valence-electron chi connectivity index (χ2n) is 7.97. The Labute approximate surface area is 139 Å². The Morgan fingerprint density at radius 2 is 2.00 bits per heavy atom. The van der Waals surface area contributed by atoms with Crippen molar-refractivity contribution in [3.63, 3.8) is 0 Å². The van der Waals surface area contributed by atoms with Crippen LogP contribution in [-0.4, -0.2) is 35.2 Å². The first-order valence-electron chi connectivity index (χ1n) is 8.89. The predicted molar refractivity (Wildman–Crippen MR) is 88.1 cm³/mol. The van der Waals surface area contributed by atoms with Gasteiger partial charge in [0.1, 0.15) is 5.54 Å². The average molecular weight is 325 g/mol. The number of carbonyl (C=O) groups excluding carboxylic acids is 1. The van der Waals surface area contributed by atoms with Crippen LogP contribution in [0.3, 0.4) is 0 Å². The fourth-order valence-corrected chi connectivity index (χ4v) is 4.33. The summed E-state index contributed by atoms with van der Waals surface area (Å²) in [6.45, 7) is 8.42. The van der Waals surface area contributed by atoms with Crippen LogP contribution in [0.5, 0.6) is 0 Å². The Kier molecular flexibility index (Phi) is 5.39. The molecular weight excluding hydrogens is 294 g/mol. The molecule has 4 unspecified atom stereocenters. The summed E-state index contributed by atoms with van der Waals surface area (Å²) in [6.07, 6.45) is 5.20. The number of rotatable bonds is 6. The van der Waals surface area contributed by atoms with Gasteiger partial charge in [0.05, 0.1) is 6.10 Å². The fraction of sp³-hybridized carbons (Fsp3) is 0.889. The molecule has 1 amide bonds. The molecule has 0 aliphatic heterocycles. The molecule has 0 radical (unpaired) electrons. The first-order valence-corrected chi connectivity index (χ1v) is 8.89. The summed E-state index contributed by atoms with van der Waals surface area (Å²) in [6, 6.07) is 0. The van der Waals surface area contributed by atoms with Crippen LogP contribution in [0.2, 0.25) is 0 Å². The van der Waals surface area contributed by atoms with Crippen LogP contribution in [0.1, 0.15) is 66.2 Å². The van der Waals surface area contributed by atoms with E-state index in [1.807, 2.05) is 20.8 Å². The smallest absolute Gasteiger partial charge is 0.330 e. The van der Waals surface area contributed by atoms with Crippen molar-refractivity contribution in [3.05, 3.63) is 0 Å². The van der Waals surface area contributed by atoms with Crippen LogP contribution in [0, 0.1) is 17.3 Å². The van der Waals surface area contributed by atoms with Gasteiger partial charge in [-0.1, -0.05) is 33.6 Å². The molecule has 0 spiro atoms. The highest BCUT2D eigenvalue weighted by Crippen LogP contribution is 2.51. The molecule has 2 saturated carbocycles. The third kappa shape index (κ3) is 3.39. The predicted octanol–water partition coefficient (Wildman–Crippen LogP) is 2.98. The van der Waals surface area contributed by atoms with Crippen LogP contribution in [0.4, 0.5) is 0 Å². The van der Waals surface area contributed by atoms with Gasteiger partial charge >= 0.3 is 5.97 Å². The van der Waals surface area contributed by atoms with E-state index in [4.69, 9.17) is 4.74 Å². The number of carboxylic acid groups (broad SMARTS) is 1. The third-order valence-electron chi connectivity index (χ3n) is 6.00. The van der Waals surface area contributed by atoms with Gasteiger partial charge in [-0.25, -0.2) is 4.79 Å². The Morgan fingerprint density at radius 3 is 2.52 bits per heavy atom. The van der Waals surface area contributed by atoms with Gasteiger partial charge < -0.3 is 15.2 Å². The molecule has 0 aromatic heterocycles. The summed E-state index contributed by atoms with van der Waals surface area (Å²) in [5.74, 6) is -0.0359. The van der Waals surface area contributed by atoms with Crippen LogP contribution in [0.25, 0.3) is 0 Å². The minimum atomic E-state index is -1.20. The minimum absolute atomic E-state index is 0.126. The van der Waals surface area contributed by atoms with Gasteiger partial charge in [0.2, 0.25) is 5.91 Å². The van der Waals surface area contributed by atoms with Crippen LogP contribution >= 0.6 is 0 Å². The lowest BCUT2D eigenvalue weighted by Crippen LogP contribution is -2.76. The van der Waals surface area contributed by atoms with E-state index in [-0.39, 0.29) is 12.0 Å². The fourth-order valence-electron chi connectivity index (χ4n) is 4.33. The largest absolute Gasteiger partial charge is 0.479 e. The van der Waals surface area contributed by atoms with E-state index in [0.29, 0.717) is 31.3 Å². The average Bonchev–Trinajstić information content (AvgIpc) is 2.45. The van der Waals surface area contributed by atoms with Gasteiger partial charge in [0.25, 0.3) is 0 Å². The van der Waals surface area contributed by atoms with E-state index in [1.54, 1.807) is 0 Å². The van der Waals surface area contributed by atoms with Crippen molar-refractivity contribution in [1.29, 1.82) is 0 Å². The summed E-state index contributed by atoms with van der Waals surface area (Å²) in [7, 11) is 0. The topological polar surface area (TPSA) is 75.6 Å². The van der Waals surface area contributed by atoms with Crippen molar-refractivity contribution >= 4 is 11.9 Å². The normalized spacial score (nSPS) is 36.1. The molecule has 2 aliphatic rings. The molecule has 0 aromatic rings. The number of hydrogen-bond acceptors (Lipinski definition) is 3. The van der Waals surface area contributed by atoms with Gasteiger partial charge in [-0.2, -0.15) is 0 Å². The van der Waals surface area contributed by atoms with E-state index in [0.717, 1.165) is 12.8 Å². The molecule has 5 nitrogen and oxygen atoms in total. The lowest BCUT2D eigenvalue weighted by Gasteiger charge is -2.58. The summed E-state index contributed by atoms with van der Waals surface area (Å²) in [4.78, 5) is 24.3. The molecule has 0 heterocycles. The number of carboxylic acids is 1. The molecule has 2 N–H and O–H groups in total. The molecule has 0 aromatic carbocycles. The van der Waals surface area contributed by atoms with Crippen molar-refractivity contribution in [2.45, 2.75) is 77.9 Å². The zero-order chi connectivity index (χ0) is 17.3. The Balaban J connectivity index is 2.00. The van der Waals surface area contributed by atoms with E-state index < -0.39 is 16.9 Å². The summed E-state index contributed by atoms with van der Waals surface area (Å²) >= 11 is 0. The van der Waals surface area contributed by atoms with Crippen molar-refractivity contribution in [2.24, 2.45) is 17.3 Å². The third-order valence-corrected chi connectivity index (χ3v) is 6.00. The number of nitrogens with one attached hydrogen (secondary N) is 1. The second kappa shape index (κ2) is 6.80. The summed E-state index contributed by atoms with van der Waals surface area (Å²) in [5.41, 5.74) is -1.81. The first-order chi connectivity index (χ1) is 10.7. The standard InChI is InChI=1S/C18H31NO4/c1-5-23-14-11-18(16(21)22,17(14,3)4)19-15(20)10-13-8-6-7-12(2)9-13/h12-14H,5-11H2,1-4H3,(H,19,20)(H,21,22). The molecule has 2 fully saturated rings. The maximum atomic E-state index is 12.5. The van der Waals surface area contributed by atoms with Crippen LogP contribution in [0.15, 0.2) is 0 Å². The van der Waals surface area contributed by atoms with E-state index in [9.17, 15) is 14.7 Å². The van der Waals surface area contributed by atoms with E-state index in [2.05, 4.69) is 12.2 Å². The Hall–Kier alpha value is -1.10. The zero-order valence-electron chi connectivity index (χ0n) is 14.9. The van der Waals surface area contributed by atoms with Gasteiger partial charge in [-0.15, -0.1) is 0 Å². The van der Waals surface area contributed by atoms with Gasteiger partial charge in [-0.3, -0.25) is 4.79 Å². The number of amides is 1. The van der Waals surface area contributed by atoms with Crippen molar-refractivity contribution in [3.8, 4) is 0 Å². The lowest BCUT2D eigenvalue weighted by atomic mass is 9.54. The van der Waals surface area contributed by atoms with Crippen LogP contribution < -0.4 is 5.32 Å². The lowest BCUT2D eigenvalue weighted by molar-refractivity contribution is -0.194. The highest BCUT2D eigenvalue weighted by atomic mass is 16.5. The quantitative estimate of drug-likeness (QED) is 0.787. The molecule has 2 rings (SSSR count). The second-order valence-corrected chi connectivity index (χ2v) is 7.97. The van der Waals surface area contributed by atoms with E-state index >= 15 is 0 Å². The Bertz CT molecular complexity index is 462. The SMILES string of the molecule is CCOC1CC(NC(=O)CC2CCCC(C)C2)(C(=O)O)C1(C)C. The molecule has 23 heavy (non-hydrogen) atoms. The molecule has 0 bridgehead atoms. The molecule has 0 saturated heterocycles. The first kappa shape index (κ1) is 18.2. The highest BCUT2D eigenvalue weighted by Gasteiger charge is 2.66. The number of ether oxygens (including phenoxy) is 1. The minimum Gasteiger partial charge on any atom is -0.479 e. The highest BCUT2D eigenvalue weighted by molar-refractivity contribution is 5.89. The van der Waals surface area contributed by atoms with Crippen molar-refractivity contribution in [1.82, 2.24) is 5.32 Å². The van der Waals surface area contributed by atoms with Gasteiger partial charge in [0, 0.05) is 24.9 Å². The summed E-state index contributed by atoms with van der Waals surface area (Å²) < 4.78 is 5.63. The molecule has 2 aliphatic carbocycles. The molecular formula is C18H31NO4. The molecule has 5 heteroatoms. The number of aliphatic carboxylic acids is 1. The van der Waals surface area contributed by atoms with E-state index in [1.165, 1.54) is 12.8 Å².